The average Bonchev–Trinajstić information content (AvgIpc) is 2.17. The van der Waals surface area contributed by atoms with Gasteiger partial charge in [0.25, 0.3) is 0 Å². The fraction of sp³-hybridized carbons (Fsp3) is 0.600. The van der Waals surface area contributed by atoms with Gasteiger partial charge in [-0.15, -0.1) is 0 Å². The van der Waals surface area contributed by atoms with Crippen LogP contribution in [0.3, 0.4) is 0 Å². The molecule has 0 aliphatic rings. The molecule has 0 aliphatic carbocycles. The summed E-state index contributed by atoms with van der Waals surface area (Å²) in [5.41, 5.74) is 2.93. The SMILES string of the molecule is CCC/C=C/C/C=C(/C)CCC=C(C)C. The maximum Gasteiger partial charge on any atom is -0.0167 e. The standard InChI is InChI=1S/C15H26/c1-5-6-7-8-9-12-15(4)13-10-11-14(2)3/h7-8,11-12H,5-6,9-10,13H2,1-4H3/b8-7+,15-12-. The summed E-state index contributed by atoms with van der Waals surface area (Å²) in [5.74, 6) is 0. The molecule has 0 aromatic carbocycles. The van der Waals surface area contributed by atoms with E-state index in [1.807, 2.05) is 0 Å². The van der Waals surface area contributed by atoms with Gasteiger partial charge in [0.05, 0.1) is 0 Å². The van der Waals surface area contributed by atoms with E-state index in [2.05, 4.69) is 52.0 Å². The van der Waals surface area contributed by atoms with E-state index in [0.29, 0.717) is 0 Å². The first-order chi connectivity index (χ1) is 7.16. The van der Waals surface area contributed by atoms with Gasteiger partial charge in [0, 0.05) is 0 Å². The van der Waals surface area contributed by atoms with Crippen molar-refractivity contribution in [3.63, 3.8) is 0 Å². The normalized spacial score (nSPS) is 12.1. The Bertz CT molecular complexity index is 224. The molecule has 0 heteroatoms. The van der Waals surface area contributed by atoms with Gasteiger partial charge in [-0.2, -0.15) is 0 Å². The number of hydrogen-bond acceptors (Lipinski definition) is 0. The van der Waals surface area contributed by atoms with Crippen molar-refractivity contribution in [3.05, 3.63) is 35.5 Å². The van der Waals surface area contributed by atoms with Crippen LogP contribution in [0.2, 0.25) is 0 Å². The van der Waals surface area contributed by atoms with Gasteiger partial charge >= 0.3 is 0 Å². The molecule has 0 nitrogen and oxygen atoms in total. The second-order valence-corrected chi connectivity index (χ2v) is 4.37. The summed E-state index contributed by atoms with van der Waals surface area (Å²) in [6, 6.07) is 0. The molecule has 0 aromatic rings. The number of allylic oxidation sites excluding steroid dienone is 6. The van der Waals surface area contributed by atoms with Crippen LogP contribution in [0.1, 0.15) is 59.8 Å². The molecule has 0 saturated carbocycles. The van der Waals surface area contributed by atoms with Gasteiger partial charge in [0.15, 0.2) is 0 Å². The smallest absolute Gasteiger partial charge is 0.0167 e. The van der Waals surface area contributed by atoms with E-state index in [0.717, 1.165) is 6.42 Å². The molecule has 0 heterocycles. The van der Waals surface area contributed by atoms with E-state index >= 15 is 0 Å². The molecule has 0 N–H and O–H groups in total. The minimum absolute atomic E-state index is 1.10. The molecule has 0 aromatic heterocycles. The van der Waals surface area contributed by atoms with Gasteiger partial charge in [-0.05, 0) is 46.5 Å². The number of unbranched alkanes of at least 4 members (excludes halogenated alkanes) is 1. The molecule has 0 bridgehead atoms. The molecule has 0 atom stereocenters. The predicted octanol–water partition coefficient (Wildman–Crippen LogP) is 5.43. The lowest BCUT2D eigenvalue weighted by Gasteiger charge is -1.97. The number of hydrogen-bond donors (Lipinski definition) is 0. The maximum atomic E-state index is 2.34. The zero-order valence-corrected chi connectivity index (χ0v) is 10.8. The monoisotopic (exact) mass is 206 g/mol. The summed E-state index contributed by atoms with van der Waals surface area (Å²) >= 11 is 0. The summed E-state index contributed by atoms with van der Waals surface area (Å²) < 4.78 is 0. The highest BCUT2D eigenvalue weighted by Gasteiger charge is 1.87. The van der Waals surface area contributed by atoms with Crippen molar-refractivity contribution in [3.8, 4) is 0 Å². The molecular formula is C15H26. The largest absolute Gasteiger partial charge is 0.0882 e. The van der Waals surface area contributed by atoms with Crippen LogP contribution in [-0.4, -0.2) is 0 Å². The summed E-state index contributed by atoms with van der Waals surface area (Å²) in [6.45, 7) is 8.76. The van der Waals surface area contributed by atoms with E-state index in [-0.39, 0.29) is 0 Å². The molecule has 0 unspecified atom stereocenters. The van der Waals surface area contributed by atoms with Crippen molar-refractivity contribution in [1.29, 1.82) is 0 Å². The quantitative estimate of drug-likeness (QED) is 0.487. The van der Waals surface area contributed by atoms with E-state index in [4.69, 9.17) is 0 Å². The van der Waals surface area contributed by atoms with Crippen LogP contribution in [0.5, 0.6) is 0 Å². The minimum atomic E-state index is 1.10. The van der Waals surface area contributed by atoms with Crippen molar-refractivity contribution >= 4 is 0 Å². The molecule has 86 valence electrons. The summed E-state index contributed by atoms with van der Waals surface area (Å²) in [4.78, 5) is 0. The number of rotatable bonds is 7. The third-order valence-electron chi connectivity index (χ3n) is 2.32. The van der Waals surface area contributed by atoms with Crippen molar-refractivity contribution in [2.45, 2.75) is 59.8 Å². The summed E-state index contributed by atoms with van der Waals surface area (Å²) in [6.07, 6.45) is 15.1. The summed E-state index contributed by atoms with van der Waals surface area (Å²) in [7, 11) is 0. The van der Waals surface area contributed by atoms with Crippen LogP contribution < -0.4 is 0 Å². The van der Waals surface area contributed by atoms with Gasteiger partial charge in [-0.25, -0.2) is 0 Å². The highest BCUT2D eigenvalue weighted by atomic mass is 13.9. The molecule has 0 fully saturated rings. The third-order valence-corrected chi connectivity index (χ3v) is 2.32. The second kappa shape index (κ2) is 9.76. The molecule has 0 amide bonds. The lowest BCUT2D eigenvalue weighted by atomic mass is 10.1. The van der Waals surface area contributed by atoms with E-state index < -0.39 is 0 Å². The van der Waals surface area contributed by atoms with E-state index in [9.17, 15) is 0 Å². The average molecular weight is 206 g/mol. The van der Waals surface area contributed by atoms with Crippen molar-refractivity contribution in [2.24, 2.45) is 0 Å². The van der Waals surface area contributed by atoms with Crippen LogP contribution in [0.25, 0.3) is 0 Å². The Morgan fingerprint density at radius 2 is 1.67 bits per heavy atom. The first-order valence-corrected chi connectivity index (χ1v) is 6.10. The summed E-state index contributed by atoms with van der Waals surface area (Å²) in [5, 5.41) is 0. The van der Waals surface area contributed by atoms with E-state index in [1.54, 1.807) is 0 Å². The first kappa shape index (κ1) is 14.2. The maximum absolute atomic E-state index is 2.34. The van der Waals surface area contributed by atoms with Crippen LogP contribution in [0.4, 0.5) is 0 Å². The molecular weight excluding hydrogens is 180 g/mol. The zero-order valence-electron chi connectivity index (χ0n) is 10.8. The highest BCUT2D eigenvalue weighted by Crippen LogP contribution is 2.07. The van der Waals surface area contributed by atoms with Gasteiger partial charge in [-0.3, -0.25) is 0 Å². The second-order valence-electron chi connectivity index (χ2n) is 4.37. The molecule has 0 aliphatic heterocycles. The van der Waals surface area contributed by atoms with Crippen molar-refractivity contribution < 1.29 is 0 Å². The van der Waals surface area contributed by atoms with Crippen LogP contribution in [0, 0.1) is 0 Å². The minimum Gasteiger partial charge on any atom is -0.0882 e. The third kappa shape index (κ3) is 11.1. The molecule has 0 rings (SSSR count). The van der Waals surface area contributed by atoms with Gasteiger partial charge < -0.3 is 0 Å². The molecule has 0 saturated heterocycles. The lowest BCUT2D eigenvalue weighted by molar-refractivity contribution is 0.947. The van der Waals surface area contributed by atoms with Crippen LogP contribution in [-0.2, 0) is 0 Å². The Kier molecular flexibility index (Phi) is 9.26. The molecule has 0 spiro atoms. The van der Waals surface area contributed by atoms with E-state index in [1.165, 1.54) is 36.8 Å². The highest BCUT2D eigenvalue weighted by molar-refractivity contribution is 5.04. The Morgan fingerprint density at radius 3 is 2.27 bits per heavy atom. The Labute approximate surface area is 95.8 Å². The topological polar surface area (TPSA) is 0 Å². The Balaban J connectivity index is 3.65. The van der Waals surface area contributed by atoms with Gasteiger partial charge in [-0.1, -0.05) is 48.8 Å². The van der Waals surface area contributed by atoms with Crippen molar-refractivity contribution in [1.82, 2.24) is 0 Å². The fourth-order valence-electron chi connectivity index (χ4n) is 1.34. The Hall–Kier alpha value is -0.780. The van der Waals surface area contributed by atoms with Gasteiger partial charge in [0.1, 0.15) is 0 Å². The fourth-order valence-corrected chi connectivity index (χ4v) is 1.34. The molecule has 0 radical (unpaired) electrons. The van der Waals surface area contributed by atoms with Crippen LogP contribution in [0.15, 0.2) is 35.5 Å². The lowest BCUT2D eigenvalue weighted by Crippen LogP contribution is -1.77. The van der Waals surface area contributed by atoms with Gasteiger partial charge in [0.2, 0.25) is 0 Å². The Morgan fingerprint density at radius 1 is 0.933 bits per heavy atom. The predicted molar refractivity (Wildman–Crippen MR) is 71.1 cm³/mol. The van der Waals surface area contributed by atoms with Crippen molar-refractivity contribution in [2.75, 3.05) is 0 Å². The zero-order chi connectivity index (χ0) is 11.5. The van der Waals surface area contributed by atoms with Crippen LogP contribution >= 0.6 is 0 Å². The molecule has 15 heavy (non-hydrogen) atoms. The first-order valence-electron chi connectivity index (χ1n) is 6.10.